The van der Waals surface area contributed by atoms with Gasteiger partial charge in [-0.3, -0.25) is 4.79 Å². The van der Waals surface area contributed by atoms with Crippen LogP contribution in [0.25, 0.3) is 0 Å². The summed E-state index contributed by atoms with van der Waals surface area (Å²) in [7, 11) is 1.80. The van der Waals surface area contributed by atoms with Gasteiger partial charge in [0.05, 0.1) is 22.2 Å². The summed E-state index contributed by atoms with van der Waals surface area (Å²) in [6.45, 7) is 5.67. The average Bonchev–Trinajstić information content (AvgIpc) is 2.77. The highest BCUT2D eigenvalue weighted by Crippen LogP contribution is 2.28. The van der Waals surface area contributed by atoms with Gasteiger partial charge in [-0.2, -0.15) is 4.98 Å². The van der Waals surface area contributed by atoms with Gasteiger partial charge in [0.2, 0.25) is 5.95 Å². The van der Waals surface area contributed by atoms with E-state index >= 15 is 0 Å². The zero-order valence-electron chi connectivity index (χ0n) is 19.2. The third-order valence-electron chi connectivity index (χ3n) is 4.80. The van der Waals surface area contributed by atoms with Crippen LogP contribution in [-0.4, -0.2) is 52.7 Å². The van der Waals surface area contributed by atoms with E-state index < -0.39 is 5.91 Å². The summed E-state index contributed by atoms with van der Waals surface area (Å²) >= 11 is 12.7. The number of likely N-dealkylation sites (N-methyl/N-ethyl adjacent to an activating group) is 1. The normalized spacial score (nSPS) is 10.8. The number of aliphatic hydroxyl groups excluding tert-OH is 1. The van der Waals surface area contributed by atoms with Gasteiger partial charge in [-0.25, -0.2) is 9.97 Å². The second-order valence-electron chi connectivity index (χ2n) is 7.56. The molecule has 34 heavy (non-hydrogen) atoms. The van der Waals surface area contributed by atoms with Crippen molar-refractivity contribution in [3.8, 4) is 0 Å². The molecular weight excluding hydrogens is 477 g/mol. The van der Waals surface area contributed by atoms with Gasteiger partial charge in [0, 0.05) is 49.8 Å². The topological polar surface area (TPSA) is 115 Å². The zero-order chi connectivity index (χ0) is 24.7. The van der Waals surface area contributed by atoms with Crippen molar-refractivity contribution in [2.24, 2.45) is 0 Å². The van der Waals surface area contributed by atoms with Crippen molar-refractivity contribution < 1.29 is 9.90 Å². The molecule has 1 amide bonds. The Kier molecular flexibility index (Phi) is 9.00. The fourth-order valence-corrected chi connectivity index (χ4v) is 3.86. The molecule has 0 atom stereocenters. The fourth-order valence-electron chi connectivity index (χ4n) is 3.15. The van der Waals surface area contributed by atoms with Crippen LogP contribution in [0.3, 0.4) is 0 Å². The fraction of sp³-hybridized carbons (Fsp3) is 0.304. The highest BCUT2D eigenvalue weighted by Gasteiger charge is 2.17. The van der Waals surface area contributed by atoms with Crippen LogP contribution in [0.5, 0.6) is 0 Å². The van der Waals surface area contributed by atoms with Crippen LogP contribution < -0.4 is 20.9 Å². The molecule has 0 aliphatic carbocycles. The van der Waals surface area contributed by atoms with E-state index in [1.54, 1.807) is 48.5 Å². The quantitative estimate of drug-likeness (QED) is 0.327. The second-order valence-corrected chi connectivity index (χ2v) is 8.38. The Morgan fingerprint density at radius 3 is 2.53 bits per heavy atom. The highest BCUT2D eigenvalue weighted by molar-refractivity contribution is 6.40. The summed E-state index contributed by atoms with van der Waals surface area (Å²) in [5.74, 6) is 1.06. The highest BCUT2D eigenvalue weighted by atomic mass is 35.5. The molecule has 0 aliphatic rings. The first-order valence-corrected chi connectivity index (χ1v) is 11.5. The first-order chi connectivity index (χ1) is 16.3. The molecule has 0 bridgehead atoms. The molecule has 0 unspecified atom stereocenters. The van der Waals surface area contributed by atoms with Crippen molar-refractivity contribution in [2.45, 2.75) is 20.4 Å². The number of pyridine rings is 1. The third kappa shape index (κ3) is 6.77. The molecule has 1 aromatic carbocycles. The van der Waals surface area contributed by atoms with Crippen molar-refractivity contribution in [3.05, 3.63) is 63.4 Å². The molecule has 0 fully saturated rings. The van der Waals surface area contributed by atoms with Crippen molar-refractivity contribution in [3.63, 3.8) is 0 Å². The van der Waals surface area contributed by atoms with E-state index in [-0.39, 0.29) is 22.2 Å². The third-order valence-corrected chi connectivity index (χ3v) is 5.40. The van der Waals surface area contributed by atoms with Gasteiger partial charge in [-0.15, -0.1) is 0 Å². The molecule has 0 aliphatic heterocycles. The molecule has 3 aromatic rings. The van der Waals surface area contributed by atoms with Crippen molar-refractivity contribution in [1.29, 1.82) is 0 Å². The van der Waals surface area contributed by atoms with Crippen molar-refractivity contribution in [1.82, 2.24) is 20.3 Å². The van der Waals surface area contributed by atoms with Crippen molar-refractivity contribution in [2.75, 3.05) is 42.3 Å². The first-order valence-electron chi connectivity index (χ1n) is 10.7. The Bertz CT molecular complexity index is 1140. The summed E-state index contributed by atoms with van der Waals surface area (Å²) in [5.41, 5.74) is 2.37. The molecule has 9 nitrogen and oxygen atoms in total. The number of rotatable bonds is 10. The maximum atomic E-state index is 12.9. The minimum atomic E-state index is -0.423. The Hall–Kier alpha value is -2.98. The van der Waals surface area contributed by atoms with Gasteiger partial charge in [0.1, 0.15) is 11.6 Å². The monoisotopic (exact) mass is 503 g/mol. The number of anilines is 4. The number of aromatic nitrogens is 3. The number of halogens is 2. The summed E-state index contributed by atoms with van der Waals surface area (Å²) in [6.07, 6.45) is 1.56. The lowest BCUT2D eigenvalue weighted by Gasteiger charge is -2.17. The lowest BCUT2D eigenvalue weighted by Crippen LogP contribution is -2.23. The van der Waals surface area contributed by atoms with E-state index in [0.29, 0.717) is 36.4 Å². The van der Waals surface area contributed by atoms with Crippen LogP contribution in [0, 0.1) is 6.92 Å². The van der Waals surface area contributed by atoms with Gasteiger partial charge < -0.3 is 26.0 Å². The van der Waals surface area contributed by atoms with E-state index in [2.05, 4.69) is 30.9 Å². The molecule has 0 radical (unpaired) electrons. The Labute approximate surface area is 208 Å². The van der Waals surface area contributed by atoms with Gasteiger partial charge in [-0.05, 0) is 37.2 Å². The number of aryl methyl sites for hydroxylation is 1. The predicted octanol–water partition coefficient (Wildman–Crippen LogP) is 4.02. The molecule has 11 heteroatoms. The first kappa shape index (κ1) is 25.6. The van der Waals surface area contributed by atoms with E-state index in [0.717, 1.165) is 17.8 Å². The second kappa shape index (κ2) is 11.9. The van der Waals surface area contributed by atoms with Gasteiger partial charge in [0.15, 0.2) is 0 Å². The van der Waals surface area contributed by atoms with Crippen molar-refractivity contribution >= 4 is 52.4 Å². The number of hydrogen-bond acceptors (Lipinski definition) is 8. The largest absolute Gasteiger partial charge is 0.395 e. The smallest absolute Gasteiger partial charge is 0.258 e. The van der Waals surface area contributed by atoms with Crippen LogP contribution in [-0.2, 0) is 6.54 Å². The molecule has 180 valence electrons. The van der Waals surface area contributed by atoms with E-state index in [1.807, 2.05) is 13.8 Å². The summed E-state index contributed by atoms with van der Waals surface area (Å²) < 4.78 is 0. The van der Waals surface area contributed by atoms with E-state index in [9.17, 15) is 4.79 Å². The molecule has 3 rings (SSSR count). The number of carbonyl (C=O) groups is 1. The summed E-state index contributed by atoms with van der Waals surface area (Å²) in [5, 5.41) is 18.9. The summed E-state index contributed by atoms with van der Waals surface area (Å²) in [6, 6.07) is 8.57. The Morgan fingerprint density at radius 1 is 1.12 bits per heavy atom. The van der Waals surface area contributed by atoms with Crippen LogP contribution in [0.2, 0.25) is 10.0 Å². The Balaban J connectivity index is 1.76. The minimum Gasteiger partial charge on any atom is -0.395 e. The number of amides is 1. The molecule has 0 saturated carbocycles. The minimum absolute atomic E-state index is 0.00769. The van der Waals surface area contributed by atoms with Gasteiger partial charge >= 0.3 is 0 Å². The lowest BCUT2D eigenvalue weighted by molar-refractivity contribution is 0.102. The average molecular weight is 504 g/mol. The standard InChI is InChI=1S/C23H27Cl2N7O2/c1-4-26-13-15-10-17(24)21(18(25)11-15)22(34)29-16-5-6-27-19(12-16)30-20-9-14(2)28-23(31-20)32(3)7-8-33/h5-6,9-12,26,33H,4,7-8,13H2,1-3H3,(H2,27,28,29,30,31,34). The van der Waals surface area contributed by atoms with E-state index in [4.69, 9.17) is 28.3 Å². The van der Waals surface area contributed by atoms with E-state index in [1.165, 1.54) is 0 Å². The van der Waals surface area contributed by atoms with Crippen LogP contribution in [0.15, 0.2) is 36.5 Å². The number of benzene rings is 1. The van der Waals surface area contributed by atoms with Crippen LogP contribution >= 0.6 is 23.2 Å². The number of aliphatic hydroxyl groups is 1. The lowest BCUT2D eigenvalue weighted by atomic mass is 10.1. The number of nitrogens with zero attached hydrogens (tertiary/aromatic N) is 4. The summed E-state index contributed by atoms with van der Waals surface area (Å²) in [4.78, 5) is 27.8. The zero-order valence-corrected chi connectivity index (χ0v) is 20.7. The Morgan fingerprint density at radius 2 is 1.85 bits per heavy atom. The van der Waals surface area contributed by atoms with Crippen LogP contribution in [0.1, 0.15) is 28.5 Å². The number of carbonyl (C=O) groups excluding carboxylic acids is 1. The molecule has 0 spiro atoms. The van der Waals surface area contributed by atoms with Gasteiger partial charge in [-0.1, -0.05) is 30.1 Å². The maximum Gasteiger partial charge on any atom is 0.258 e. The number of hydrogen-bond donors (Lipinski definition) is 4. The molecular formula is C23H27Cl2N7O2. The van der Waals surface area contributed by atoms with Gasteiger partial charge in [0.25, 0.3) is 5.91 Å². The molecule has 4 N–H and O–H groups in total. The molecule has 2 heterocycles. The van der Waals surface area contributed by atoms with Crippen LogP contribution in [0.4, 0.5) is 23.3 Å². The molecule has 2 aromatic heterocycles. The SMILES string of the molecule is CCNCc1cc(Cl)c(C(=O)Nc2ccnc(Nc3cc(C)nc(N(C)CCO)n3)c2)c(Cl)c1. The maximum absolute atomic E-state index is 12.9. The number of nitrogens with one attached hydrogen (secondary N) is 3. The molecule has 0 saturated heterocycles. The predicted molar refractivity (Wildman–Crippen MR) is 136 cm³/mol.